The van der Waals surface area contributed by atoms with Crippen LogP contribution >= 0.6 is 0 Å². The third-order valence-electron chi connectivity index (χ3n) is 2.55. The van der Waals surface area contributed by atoms with Gasteiger partial charge >= 0.3 is 0 Å². The van der Waals surface area contributed by atoms with Gasteiger partial charge in [-0.25, -0.2) is 0 Å². The highest BCUT2D eigenvalue weighted by Gasteiger charge is 2.14. The molecule has 1 fully saturated rings. The van der Waals surface area contributed by atoms with E-state index in [2.05, 4.69) is 5.10 Å². The van der Waals surface area contributed by atoms with Crippen molar-refractivity contribution in [2.45, 2.75) is 32.2 Å². The third kappa shape index (κ3) is 2.70. The third-order valence-corrected chi connectivity index (χ3v) is 2.55. The summed E-state index contributed by atoms with van der Waals surface area (Å²) in [4.78, 5) is 0. The maximum absolute atomic E-state index is 5.62. The first kappa shape index (κ1) is 10.4. The largest absolute Gasteiger partial charge is 0.382 e. The van der Waals surface area contributed by atoms with Crippen LogP contribution in [0.5, 0.6) is 0 Å². The minimum absolute atomic E-state index is 0.0603. The normalized spacial score (nSPS) is 21.8. The molecule has 1 saturated heterocycles. The van der Waals surface area contributed by atoms with E-state index in [4.69, 9.17) is 15.2 Å². The van der Waals surface area contributed by atoms with Crippen molar-refractivity contribution in [3.05, 3.63) is 11.8 Å². The summed E-state index contributed by atoms with van der Waals surface area (Å²) in [5, 5.41) is 4.05. The highest BCUT2D eigenvalue weighted by molar-refractivity contribution is 5.28. The molecule has 5 heteroatoms. The van der Waals surface area contributed by atoms with Gasteiger partial charge in [0.2, 0.25) is 0 Å². The van der Waals surface area contributed by atoms with E-state index >= 15 is 0 Å². The van der Waals surface area contributed by atoms with Crippen molar-refractivity contribution in [3.63, 3.8) is 0 Å². The molecule has 1 aliphatic rings. The summed E-state index contributed by atoms with van der Waals surface area (Å²) in [7, 11) is 1.86. The maximum Gasteiger partial charge on any atom is 0.158 e. The van der Waals surface area contributed by atoms with E-state index in [0.717, 1.165) is 25.1 Å². The van der Waals surface area contributed by atoms with Crippen molar-refractivity contribution >= 4 is 5.82 Å². The molecular formula is C10H17N3O2. The second kappa shape index (κ2) is 4.63. The first-order valence-electron chi connectivity index (χ1n) is 5.27. The molecule has 2 heterocycles. The van der Waals surface area contributed by atoms with E-state index < -0.39 is 0 Å². The Morgan fingerprint density at radius 3 is 3.13 bits per heavy atom. The fourth-order valence-corrected chi connectivity index (χ4v) is 1.69. The van der Waals surface area contributed by atoms with Crippen LogP contribution in [-0.4, -0.2) is 22.7 Å². The lowest BCUT2D eigenvalue weighted by Gasteiger charge is -2.22. The molecule has 2 N–H and O–H groups in total. The van der Waals surface area contributed by atoms with Crippen LogP contribution in [0.3, 0.4) is 0 Å². The molecule has 0 saturated carbocycles. The molecule has 2 rings (SSSR count). The van der Waals surface area contributed by atoms with Crippen molar-refractivity contribution in [1.82, 2.24) is 9.78 Å². The Balaban J connectivity index is 1.84. The van der Waals surface area contributed by atoms with E-state index in [1.165, 1.54) is 6.42 Å². The number of ether oxygens (including phenoxy) is 2. The average molecular weight is 211 g/mol. The van der Waals surface area contributed by atoms with Crippen LogP contribution in [0.25, 0.3) is 0 Å². The molecule has 0 spiro atoms. The van der Waals surface area contributed by atoms with Gasteiger partial charge in [-0.2, -0.15) is 5.10 Å². The first-order chi connectivity index (χ1) is 7.25. The van der Waals surface area contributed by atoms with Gasteiger partial charge in [0.05, 0.1) is 12.3 Å². The number of anilines is 1. The number of nitrogens with zero attached hydrogens (tertiary/aromatic N) is 2. The molecule has 0 amide bonds. The van der Waals surface area contributed by atoms with Crippen LogP contribution in [0.4, 0.5) is 5.82 Å². The SMILES string of the molecule is Cn1nc(N)cc1COC1CCCCO1. The Morgan fingerprint density at radius 1 is 1.67 bits per heavy atom. The van der Waals surface area contributed by atoms with Gasteiger partial charge in [0.25, 0.3) is 0 Å². The molecule has 5 nitrogen and oxygen atoms in total. The molecule has 1 unspecified atom stereocenters. The monoisotopic (exact) mass is 211 g/mol. The smallest absolute Gasteiger partial charge is 0.158 e. The van der Waals surface area contributed by atoms with E-state index in [0.29, 0.717) is 12.4 Å². The molecule has 1 aromatic heterocycles. The average Bonchev–Trinajstić information content (AvgIpc) is 2.56. The van der Waals surface area contributed by atoms with Crippen molar-refractivity contribution in [3.8, 4) is 0 Å². The number of aryl methyl sites for hydroxylation is 1. The van der Waals surface area contributed by atoms with Crippen molar-refractivity contribution in [2.75, 3.05) is 12.3 Å². The fraction of sp³-hybridized carbons (Fsp3) is 0.700. The Hall–Kier alpha value is -1.07. The summed E-state index contributed by atoms with van der Waals surface area (Å²) in [5.41, 5.74) is 6.54. The Bertz CT molecular complexity index is 318. The van der Waals surface area contributed by atoms with Crippen LogP contribution < -0.4 is 5.73 Å². The molecule has 1 atom stereocenters. The number of hydrogen-bond acceptors (Lipinski definition) is 4. The second-order valence-electron chi connectivity index (χ2n) is 3.79. The Kier molecular flexibility index (Phi) is 3.23. The zero-order chi connectivity index (χ0) is 10.7. The summed E-state index contributed by atoms with van der Waals surface area (Å²) in [6.45, 7) is 1.31. The lowest BCUT2D eigenvalue weighted by atomic mass is 10.2. The minimum atomic E-state index is -0.0603. The molecule has 0 aliphatic carbocycles. The molecule has 1 aromatic rings. The van der Waals surface area contributed by atoms with Gasteiger partial charge in [-0.3, -0.25) is 4.68 Å². The lowest BCUT2D eigenvalue weighted by Crippen LogP contribution is -2.22. The quantitative estimate of drug-likeness (QED) is 0.811. The lowest BCUT2D eigenvalue weighted by molar-refractivity contribution is -0.169. The highest BCUT2D eigenvalue weighted by Crippen LogP contribution is 2.16. The first-order valence-corrected chi connectivity index (χ1v) is 5.27. The van der Waals surface area contributed by atoms with E-state index in [1.54, 1.807) is 4.68 Å². The molecule has 84 valence electrons. The van der Waals surface area contributed by atoms with Gasteiger partial charge in [0.1, 0.15) is 5.82 Å². The number of aromatic nitrogens is 2. The molecule has 1 aliphatic heterocycles. The molecular weight excluding hydrogens is 194 g/mol. The van der Waals surface area contributed by atoms with Gasteiger partial charge in [0.15, 0.2) is 6.29 Å². The van der Waals surface area contributed by atoms with E-state index in [1.807, 2.05) is 13.1 Å². The van der Waals surface area contributed by atoms with Crippen molar-refractivity contribution < 1.29 is 9.47 Å². The minimum Gasteiger partial charge on any atom is -0.382 e. The van der Waals surface area contributed by atoms with Crippen LogP contribution in [0.2, 0.25) is 0 Å². The zero-order valence-corrected chi connectivity index (χ0v) is 8.98. The van der Waals surface area contributed by atoms with E-state index in [-0.39, 0.29) is 6.29 Å². The number of hydrogen-bond donors (Lipinski definition) is 1. The van der Waals surface area contributed by atoms with Gasteiger partial charge in [-0.15, -0.1) is 0 Å². The maximum atomic E-state index is 5.62. The standard InChI is InChI=1S/C10H17N3O2/c1-13-8(6-9(11)12-13)7-15-10-4-2-3-5-14-10/h6,10H,2-5,7H2,1H3,(H2,11,12). The number of nitrogens with two attached hydrogens (primary N) is 1. The number of rotatable bonds is 3. The summed E-state index contributed by atoms with van der Waals surface area (Å²) in [5.74, 6) is 0.528. The molecule has 0 radical (unpaired) electrons. The Labute approximate surface area is 89.2 Å². The van der Waals surface area contributed by atoms with Gasteiger partial charge in [-0.1, -0.05) is 0 Å². The predicted molar refractivity (Wildman–Crippen MR) is 56.0 cm³/mol. The number of nitrogen functional groups attached to an aromatic ring is 1. The van der Waals surface area contributed by atoms with Gasteiger partial charge in [-0.05, 0) is 19.3 Å². The highest BCUT2D eigenvalue weighted by atomic mass is 16.7. The summed E-state index contributed by atoms with van der Waals surface area (Å²) < 4.78 is 12.8. The molecule has 15 heavy (non-hydrogen) atoms. The van der Waals surface area contributed by atoms with E-state index in [9.17, 15) is 0 Å². The van der Waals surface area contributed by atoms with Gasteiger partial charge < -0.3 is 15.2 Å². The van der Waals surface area contributed by atoms with Crippen LogP contribution in [-0.2, 0) is 23.1 Å². The van der Waals surface area contributed by atoms with Crippen LogP contribution in [0, 0.1) is 0 Å². The molecule has 0 bridgehead atoms. The summed E-state index contributed by atoms with van der Waals surface area (Å²) in [6.07, 6.45) is 3.24. The molecule has 0 aromatic carbocycles. The fourth-order valence-electron chi connectivity index (χ4n) is 1.69. The Morgan fingerprint density at radius 2 is 2.53 bits per heavy atom. The zero-order valence-electron chi connectivity index (χ0n) is 8.98. The summed E-state index contributed by atoms with van der Waals surface area (Å²) >= 11 is 0. The predicted octanol–water partition coefficient (Wildman–Crippen LogP) is 1.05. The topological polar surface area (TPSA) is 62.3 Å². The van der Waals surface area contributed by atoms with Gasteiger partial charge in [0, 0.05) is 19.7 Å². The van der Waals surface area contributed by atoms with Crippen molar-refractivity contribution in [2.24, 2.45) is 7.05 Å². The van der Waals surface area contributed by atoms with Crippen LogP contribution in [0.15, 0.2) is 6.07 Å². The summed E-state index contributed by atoms with van der Waals surface area (Å²) in [6, 6.07) is 1.82. The second-order valence-corrected chi connectivity index (χ2v) is 3.79. The van der Waals surface area contributed by atoms with Crippen molar-refractivity contribution in [1.29, 1.82) is 0 Å². The van der Waals surface area contributed by atoms with Crippen LogP contribution in [0.1, 0.15) is 25.0 Å².